The lowest BCUT2D eigenvalue weighted by molar-refractivity contribution is 0.0894. The van der Waals surface area contributed by atoms with Gasteiger partial charge in [-0.15, -0.1) is 0 Å². The number of aliphatic hydroxyl groups is 1. The van der Waals surface area contributed by atoms with E-state index in [4.69, 9.17) is 5.11 Å². The number of nitrogens with one attached hydrogen (secondary N) is 1. The first-order valence-corrected chi connectivity index (χ1v) is 2.77. The molecule has 0 spiro atoms. The molecule has 0 saturated carbocycles. The van der Waals surface area contributed by atoms with E-state index in [1.54, 1.807) is 0 Å². The second-order valence-corrected chi connectivity index (χ2v) is 2.24. The van der Waals surface area contributed by atoms with Gasteiger partial charge in [-0.05, 0) is 13.0 Å². The number of hydrogen-bond acceptors (Lipinski definition) is 2. The molecule has 8 heavy (non-hydrogen) atoms. The van der Waals surface area contributed by atoms with Gasteiger partial charge in [-0.1, -0.05) is 0 Å². The van der Waals surface area contributed by atoms with E-state index in [0.29, 0.717) is 19.5 Å². The molecule has 0 aliphatic carbocycles. The predicted octanol–water partition coefficient (Wildman–Crippen LogP) is -0.320. The fourth-order valence-corrected chi connectivity index (χ4v) is 0.848. The highest BCUT2D eigenvalue weighted by Crippen LogP contribution is 2.17. The Labute approximate surface area is 47.7 Å². The highest BCUT2D eigenvalue weighted by atomic mass is 19.1. The normalized spacial score (nSPS) is 38.2. The molecule has 0 aromatic rings. The van der Waals surface area contributed by atoms with Gasteiger partial charge in [0.1, 0.15) is 5.67 Å². The Bertz CT molecular complexity index is 80.5. The fourth-order valence-electron chi connectivity index (χ4n) is 0.848. The van der Waals surface area contributed by atoms with Crippen LogP contribution >= 0.6 is 0 Å². The average molecular weight is 119 g/mol. The fraction of sp³-hybridized carbons (Fsp3) is 1.00. The number of rotatable bonds is 1. The topological polar surface area (TPSA) is 32.3 Å². The molecule has 1 unspecified atom stereocenters. The van der Waals surface area contributed by atoms with E-state index in [2.05, 4.69) is 5.32 Å². The van der Waals surface area contributed by atoms with Gasteiger partial charge < -0.3 is 10.4 Å². The average Bonchev–Trinajstić information content (AvgIpc) is 2.17. The molecule has 1 aliphatic rings. The van der Waals surface area contributed by atoms with E-state index in [0.717, 1.165) is 0 Å². The minimum absolute atomic E-state index is 0.309. The quantitative estimate of drug-likeness (QED) is 0.496. The van der Waals surface area contributed by atoms with Crippen molar-refractivity contribution in [2.45, 2.75) is 12.1 Å². The third kappa shape index (κ3) is 0.980. The van der Waals surface area contributed by atoms with Crippen molar-refractivity contribution in [3.8, 4) is 0 Å². The first kappa shape index (κ1) is 5.98. The third-order valence-corrected chi connectivity index (χ3v) is 1.48. The molecular weight excluding hydrogens is 109 g/mol. The SMILES string of the molecule is OCC1(F)CCNC1. The van der Waals surface area contributed by atoms with Crippen LogP contribution in [0.2, 0.25) is 0 Å². The van der Waals surface area contributed by atoms with E-state index in [-0.39, 0.29) is 6.61 Å². The van der Waals surface area contributed by atoms with Crippen molar-refractivity contribution in [1.29, 1.82) is 0 Å². The van der Waals surface area contributed by atoms with Crippen LogP contribution in [0.15, 0.2) is 0 Å². The summed E-state index contributed by atoms with van der Waals surface area (Å²) in [5, 5.41) is 11.2. The molecule has 1 saturated heterocycles. The van der Waals surface area contributed by atoms with Crippen molar-refractivity contribution in [2.75, 3.05) is 19.7 Å². The number of aliphatic hydroxyl groups excluding tert-OH is 1. The molecule has 0 aromatic heterocycles. The molecule has 0 bridgehead atoms. The van der Waals surface area contributed by atoms with Gasteiger partial charge in [0.15, 0.2) is 0 Å². The van der Waals surface area contributed by atoms with E-state index in [1.165, 1.54) is 0 Å². The zero-order chi connectivity index (χ0) is 6.04. The molecule has 1 atom stereocenters. The summed E-state index contributed by atoms with van der Waals surface area (Å²) in [6.07, 6.45) is 0.448. The molecule has 1 rings (SSSR count). The Hall–Kier alpha value is -0.150. The first-order chi connectivity index (χ1) is 3.77. The maximum absolute atomic E-state index is 12.7. The predicted molar refractivity (Wildman–Crippen MR) is 28.4 cm³/mol. The largest absolute Gasteiger partial charge is 0.393 e. The second-order valence-electron chi connectivity index (χ2n) is 2.24. The van der Waals surface area contributed by atoms with Gasteiger partial charge in [0.25, 0.3) is 0 Å². The van der Waals surface area contributed by atoms with Crippen LogP contribution in [0.1, 0.15) is 6.42 Å². The lowest BCUT2D eigenvalue weighted by Crippen LogP contribution is -2.29. The summed E-state index contributed by atoms with van der Waals surface area (Å²) in [6.45, 7) is 0.653. The third-order valence-electron chi connectivity index (χ3n) is 1.48. The highest BCUT2D eigenvalue weighted by Gasteiger charge is 2.32. The van der Waals surface area contributed by atoms with Crippen LogP contribution in [0.25, 0.3) is 0 Å². The van der Waals surface area contributed by atoms with Crippen molar-refractivity contribution in [3.63, 3.8) is 0 Å². The Morgan fingerprint density at radius 2 is 2.50 bits per heavy atom. The molecule has 0 radical (unpaired) electrons. The Morgan fingerprint density at radius 3 is 2.75 bits per heavy atom. The highest BCUT2D eigenvalue weighted by molar-refractivity contribution is 4.87. The standard InChI is InChI=1S/C5H10FNO/c6-5(4-8)1-2-7-3-5/h7-8H,1-4H2. The Balaban J connectivity index is 2.40. The smallest absolute Gasteiger partial charge is 0.147 e. The van der Waals surface area contributed by atoms with Crippen LogP contribution in [0.5, 0.6) is 0 Å². The lowest BCUT2D eigenvalue weighted by atomic mass is 10.1. The maximum atomic E-state index is 12.7. The molecule has 0 aromatic carbocycles. The number of hydrogen-bond donors (Lipinski definition) is 2. The van der Waals surface area contributed by atoms with E-state index < -0.39 is 5.67 Å². The monoisotopic (exact) mass is 119 g/mol. The van der Waals surface area contributed by atoms with E-state index >= 15 is 0 Å². The zero-order valence-electron chi connectivity index (χ0n) is 4.65. The van der Waals surface area contributed by atoms with Crippen LogP contribution in [0.3, 0.4) is 0 Å². The molecule has 0 amide bonds. The van der Waals surface area contributed by atoms with E-state index in [9.17, 15) is 4.39 Å². The summed E-state index contributed by atoms with van der Waals surface area (Å²) >= 11 is 0. The molecule has 3 heteroatoms. The minimum atomic E-state index is -1.32. The summed E-state index contributed by atoms with van der Waals surface area (Å²) in [7, 11) is 0. The van der Waals surface area contributed by atoms with Gasteiger partial charge in [0.05, 0.1) is 6.61 Å². The summed E-state index contributed by atoms with van der Waals surface area (Å²) < 4.78 is 12.7. The van der Waals surface area contributed by atoms with Crippen LogP contribution < -0.4 is 5.32 Å². The van der Waals surface area contributed by atoms with Gasteiger partial charge in [0, 0.05) is 6.54 Å². The van der Waals surface area contributed by atoms with Crippen LogP contribution in [-0.4, -0.2) is 30.5 Å². The molecule has 2 nitrogen and oxygen atoms in total. The van der Waals surface area contributed by atoms with Gasteiger partial charge in [-0.3, -0.25) is 0 Å². The maximum Gasteiger partial charge on any atom is 0.147 e. The molecule has 2 N–H and O–H groups in total. The number of alkyl halides is 1. The summed E-state index contributed by atoms with van der Waals surface area (Å²) in [5.41, 5.74) is -1.32. The van der Waals surface area contributed by atoms with E-state index in [1.807, 2.05) is 0 Å². The molecule has 1 fully saturated rings. The van der Waals surface area contributed by atoms with Gasteiger partial charge >= 0.3 is 0 Å². The summed E-state index contributed by atoms with van der Waals surface area (Å²) in [5.74, 6) is 0. The Morgan fingerprint density at radius 1 is 1.75 bits per heavy atom. The van der Waals surface area contributed by atoms with Gasteiger partial charge in [-0.2, -0.15) is 0 Å². The van der Waals surface area contributed by atoms with Crippen molar-refractivity contribution in [2.24, 2.45) is 0 Å². The molecule has 48 valence electrons. The Kier molecular flexibility index (Phi) is 1.49. The van der Waals surface area contributed by atoms with Crippen molar-refractivity contribution in [3.05, 3.63) is 0 Å². The lowest BCUT2D eigenvalue weighted by Gasteiger charge is -2.12. The molecule has 1 heterocycles. The minimum Gasteiger partial charge on any atom is -0.393 e. The summed E-state index contributed by atoms with van der Waals surface area (Å²) in [6, 6.07) is 0. The van der Waals surface area contributed by atoms with Crippen LogP contribution in [0.4, 0.5) is 4.39 Å². The van der Waals surface area contributed by atoms with Crippen LogP contribution in [0, 0.1) is 0 Å². The van der Waals surface area contributed by atoms with Crippen molar-refractivity contribution >= 4 is 0 Å². The van der Waals surface area contributed by atoms with Gasteiger partial charge in [-0.25, -0.2) is 4.39 Å². The zero-order valence-corrected chi connectivity index (χ0v) is 4.65. The molecular formula is C5H10FNO. The van der Waals surface area contributed by atoms with Gasteiger partial charge in [0.2, 0.25) is 0 Å². The summed E-state index contributed by atoms with van der Waals surface area (Å²) in [4.78, 5) is 0. The first-order valence-electron chi connectivity index (χ1n) is 2.77. The molecule has 1 aliphatic heterocycles. The van der Waals surface area contributed by atoms with Crippen LogP contribution in [-0.2, 0) is 0 Å². The number of halogens is 1. The van der Waals surface area contributed by atoms with Crippen molar-refractivity contribution < 1.29 is 9.50 Å². The van der Waals surface area contributed by atoms with Crippen molar-refractivity contribution in [1.82, 2.24) is 5.32 Å². The second kappa shape index (κ2) is 1.99.